The molecule has 5 heterocycles. The van der Waals surface area contributed by atoms with Gasteiger partial charge >= 0.3 is 6.01 Å². The van der Waals surface area contributed by atoms with Crippen LogP contribution in [0.25, 0.3) is 33.1 Å². The second-order valence-electron chi connectivity index (χ2n) is 13.0. The van der Waals surface area contributed by atoms with Crippen LogP contribution in [0.3, 0.4) is 0 Å². The number of nitrogens with one attached hydrogen (secondary N) is 1. The first-order valence-electron chi connectivity index (χ1n) is 18.0. The summed E-state index contributed by atoms with van der Waals surface area (Å²) in [6, 6.07) is 3.62. The number of nitrogens with zero attached hydrogens (tertiary/aromatic N) is 6. The highest BCUT2D eigenvalue weighted by Gasteiger charge is 2.45. The predicted molar refractivity (Wildman–Crippen MR) is 197 cm³/mol. The number of anilines is 1. The van der Waals surface area contributed by atoms with E-state index in [4.69, 9.17) is 21.3 Å². The Morgan fingerprint density at radius 3 is 2.39 bits per heavy atom. The van der Waals surface area contributed by atoms with E-state index in [0.717, 1.165) is 69.8 Å². The summed E-state index contributed by atoms with van der Waals surface area (Å²) in [5.74, 6) is 0.0208. The van der Waals surface area contributed by atoms with Crippen molar-refractivity contribution in [2.24, 2.45) is 0 Å². The number of aromatic amines is 1. The lowest BCUT2D eigenvalue weighted by molar-refractivity contribution is 0.108. The molecule has 0 spiro atoms. The first-order valence-corrected chi connectivity index (χ1v) is 18.3. The van der Waals surface area contributed by atoms with Crippen molar-refractivity contribution in [3.05, 3.63) is 35.4 Å². The van der Waals surface area contributed by atoms with Crippen LogP contribution in [0.5, 0.6) is 6.01 Å². The third kappa shape index (κ3) is 9.78. The maximum absolute atomic E-state index is 16.4. The Hall–Kier alpha value is -3.12. The van der Waals surface area contributed by atoms with Gasteiger partial charge in [0, 0.05) is 50.0 Å². The van der Waals surface area contributed by atoms with Gasteiger partial charge in [-0.05, 0) is 76.6 Å². The molecule has 12 heteroatoms. The van der Waals surface area contributed by atoms with Crippen LogP contribution in [0.15, 0.2) is 24.5 Å². The molecule has 2 saturated heterocycles. The lowest BCUT2D eigenvalue weighted by Crippen LogP contribution is -2.43. The molecule has 1 unspecified atom stereocenters. The van der Waals surface area contributed by atoms with Crippen LogP contribution in [0.1, 0.15) is 91.4 Å². The fourth-order valence-corrected chi connectivity index (χ4v) is 6.69. The summed E-state index contributed by atoms with van der Waals surface area (Å²) in [7, 11) is 5.19. The highest BCUT2D eigenvalue weighted by molar-refractivity contribution is 6.31. The third-order valence-electron chi connectivity index (χ3n) is 9.17. The maximum atomic E-state index is 16.4. The first-order chi connectivity index (χ1) is 23.8. The molecular weight excluding hydrogens is 645 g/mol. The summed E-state index contributed by atoms with van der Waals surface area (Å²) < 4.78 is 26.9. The van der Waals surface area contributed by atoms with Crippen molar-refractivity contribution in [3.63, 3.8) is 0 Å². The molecular formula is C37H55ClFN7O3. The molecule has 1 aromatic carbocycles. The summed E-state index contributed by atoms with van der Waals surface area (Å²) in [5, 5.41) is 18.6. The van der Waals surface area contributed by atoms with E-state index < -0.39 is 5.82 Å². The number of benzene rings is 1. The molecule has 49 heavy (non-hydrogen) atoms. The summed E-state index contributed by atoms with van der Waals surface area (Å²) in [6.45, 7) is 9.34. The smallest absolute Gasteiger partial charge is 0.319 e. The van der Waals surface area contributed by atoms with Gasteiger partial charge < -0.3 is 19.5 Å². The number of hydrogen-bond donors (Lipinski definition) is 2. The molecule has 10 nitrogen and oxygen atoms in total. The lowest BCUT2D eigenvalue weighted by Gasteiger charge is -2.31. The average molecular weight is 700 g/mol. The normalized spacial score (nSPS) is 16.5. The zero-order valence-corrected chi connectivity index (χ0v) is 31.0. The maximum Gasteiger partial charge on any atom is 0.319 e. The molecule has 2 aliphatic heterocycles. The van der Waals surface area contributed by atoms with Crippen LogP contribution < -0.4 is 9.64 Å². The number of unbranched alkanes of at least 4 members (excludes halogenated alkanes) is 1. The number of ether oxygens (including phenoxy) is 2. The number of halogens is 2. The van der Waals surface area contributed by atoms with Gasteiger partial charge in [0.05, 0.1) is 28.7 Å². The molecule has 1 atom stereocenters. The molecule has 1 saturated carbocycles. The van der Waals surface area contributed by atoms with Gasteiger partial charge in [0.25, 0.3) is 0 Å². The third-order valence-corrected chi connectivity index (χ3v) is 9.39. The van der Waals surface area contributed by atoms with Gasteiger partial charge in [0.1, 0.15) is 23.6 Å². The summed E-state index contributed by atoms with van der Waals surface area (Å²) in [5.41, 5.74) is 1.56. The Balaban J connectivity index is 0.000000612. The van der Waals surface area contributed by atoms with Gasteiger partial charge in [-0.1, -0.05) is 51.6 Å². The molecule has 7 rings (SSSR count). The van der Waals surface area contributed by atoms with E-state index in [0.29, 0.717) is 40.5 Å². The number of aromatic nitrogens is 5. The molecule has 3 fully saturated rings. The minimum Gasteiger partial charge on any atom is -0.461 e. The quantitative estimate of drug-likeness (QED) is 0.150. The Labute approximate surface area is 295 Å². The Kier molecular flexibility index (Phi) is 14.8. The largest absolute Gasteiger partial charge is 0.461 e. The monoisotopic (exact) mass is 699 g/mol. The molecule has 2 N–H and O–H groups in total. The van der Waals surface area contributed by atoms with Crippen molar-refractivity contribution < 1.29 is 19.0 Å². The van der Waals surface area contributed by atoms with Gasteiger partial charge in [-0.25, -0.2) is 4.39 Å². The highest BCUT2D eigenvalue weighted by atomic mass is 35.5. The minimum atomic E-state index is -0.554. The zero-order valence-electron chi connectivity index (χ0n) is 30.2. The number of fused-ring (bicyclic) bond motifs is 3. The Morgan fingerprint density at radius 1 is 1.04 bits per heavy atom. The van der Waals surface area contributed by atoms with Gasteiger partial charge in [0.2, 0.25) is 0 Å². The number of rotatable bonds is 11. The molecule has 1 aliphatic carbocycles. The topological polar surface area (TPSA) is 113 Å². The highest BCUT2D eigenvalue weighted by Crippen LogP contribution is 2.40. The SMILES string of the molecule is C1CC1.CC.CCC(O)CCCCN(C)c1nc(OCC23CCCN2CCC3)nc2c(F)c(-c3cc(Cl)cc4[nH]ncc34)ncc12.COC. The first kappa shape index (κ1) is 38.7. The standard InChI is InChI=1S/C30H37ClFN7O2.C3H6.C2H6O.C2H6/c1-3-20(40)8-4-5-11-38(2)28-23-16-33-26(21-14-19(31)15-24-22(21)17-34-37-24)25(32)27(23)35-29(36-28)41-18-30-9-6-12-39(30)13-7-10-30;1-2-3-1;1-3-2;1-2/h14-17,20,40H,3-13,18H2,1-2H3,(H,34,37);1-3H2;1-2H3;1-2H3. The predicted octanol–water partition coefficient (Wildman–Crippen LogP) is 8.20. The van der Waals surface area contributed by atoms with Gasteiger partial charge in [-0.15, -0.1) is 0 Å². The van der Waals surface area contributed by atoms with Crippen LogP contribution in [0, 0.1) is 5.82 Å². The van der Waals surface area contributed by atoms with E-state index in [1.807, 2.05) is 32.7 Å². The van der Waals surface area contributed by atoms with Gasteiger partial charge in [0.15, 0.2) is 5.82 Å². The number of aliphatic hydroxyl groups excluding tert-OH is 1. The van der Waals surface area contributed by atoms with Crippen molar-refractivity contribution in [1.29, 1.82) is 0 Å². The van der Waals surface area contributed by atoms with Crippen LogP contribution in [0.4, 0.5) is 10.2 Å². The van der Waals surface area contributed by atoms with Gasteiger partial charge in [-0.2, -0.15) is 15.1 Å². The van der Waals surface area contributed by atoms with Crippen molar-refractivity contribution in [2.45, 2.75) is 103 Å². The van der Waals surface area contributed by atoms with E-state index >= 15 is 4.39 Å². The fraction of sp³-hybridized carbons (Fsp3) is 0.622. The summed E-state index contributed by atoms with van der Waals surface area (Å²) >= 11 is 6.36. The van der Waals surface area contributed by atoms with Crippen molar-refractivity contribution in [3.8, 4) is 17.3 Å². The van der Waals surface area contributed by atoms with Crippen LogP contribution in [-0.2, 0) is 4.74 Å². The van der Waals surface area contributed by atoms with Crippen molar-refractivity contribution in [1.82, 2.24) is 30.0 Å². The van der Waals surface area contributed by atoms with E-state index in [2.05, 4.69) is 29.8 Å². The number of pyridine rings is 1. The van der Waals surface area contributed by atoms with E-state index in [9.17, 15) is 5.11 Å². The van der Waals surface area contributed by atoms with Gasteiger partial charge in [-0.3, -0.25) is 15.0 Å². The number of methoxy groups -OCH3 is 1. The molecule has 4 aromatic rings. The van der Waals surface area contributed by atoms with Crippen molar-refractivity contribution >= 4 is 39.2 Å². The Bertz CT molecular complexity index is 1610. The van der Waals surface area contributed by atoms with E-state index in [-0.39, 0.29) is 28.9 Å². The second kappa shape index (κ2) is 18.8. The zero-order chi connectivity index (χ0) is 35.4. The van der Waals surface area contributed by atoms with Crippen LogP contribution >= 0.6 is 11.6 Å². The van der Waals surface area contributed by atoms with Crippen LogP contribution in [0.2, 0.25) is 5.02 Å². The van der Waals surface area contributed by atoms with Crippen LogP contribution in [-0.4, -0.2) is 94.3 Å². The number of hydrogen-bond acceptors (Lipinski definition) is 9. The lowest BCUT2D eigenvalue weighted by atomic mass is 9.95. The summed E-state index contributed by atoms with van der Waals surface area (Å²) in [6.07, 6.45) is 15.2. The molecule has 3 aliphatic rings. The molecule has 270 valence electrons. The molecule has 0 radical (unpaired) electrons. The van der Waals surface area contributed by atoms with E-state index in [1.165, 1.54) is 19.3 Å². The minimum absolute atomic E-state index is 0.0140. The van der Waals surface area contributed by atoms with Crippen molar-refractivity contribution in [2.75, 3.05) is 52.4 Å². The summed E-state index contributed by atoms with van der Waals surface area (Å²) in [4.78, 5) is 18.5. The molecule has 3 aromatic heterocycles. The fourth-order valence-electron chi connectivity index (χ4n) is 6.48. The number of H-pyrrole nitrogens is 1. The number of aliphatic hydroxyl groups is 1. The Morgan fingerprint density at radius 2 is 1.73 bits per heavy atom. The average Bonchev–Trinajstić information content (AvgIpc) is 3.68. The molecule has 0 amide bonds. The second-order valence-corrected chi connectivity index (χ2v) is 13.4. The molecule has 0 bridgehead atoms. The van der Waals surface area contributed by atoms with E-state index in [1.54, 1.807) is 38.7 Å².